The van der Waals surface area contributed by atoms with E-state index in [-0.39, 0.29) is 5.41 Å². The van der Waals surface area contributed by atoms with Crippen molar-refractivity contribution in [2.24, 2.45) is 5.41 Å². The number of pyridine rings is 1. The van der Waals surface area contributed by atoms with Gasteiger partial charge in [-0.3, -0.25) is 4.98 Å². The third-order valence-electron chi connectivity index (χ3n) is 2.40. The summed E-state index contributed by atoms with van der Waals surface area (Å²) in [5, 5.41) is 12.0. The molecule has 0 aliphatic heterocycles. The van der Waals surface area contributed by atoms with Gasteiger partial charge >= 0.3 is 0 Å². The van der Waals surface area contributed by atoms with Gasteiger partial charge in [-0.25, -0.2) is 4.98 Å². The van der Waals surface area contributed by atoms with Crippen LogP contribution in [-0.2, 0) is 6.42 Å². The molecule has 0 fully saturated rings. The highest BCUT2D eigenvalue weighted by Gasteiger charge is 2.19. The number of nitrogens with zero attached hydrogens (tertiary/aromatic N) is 3. The molecule has 0 bridgehead atoms. The van der Waals surface area contributed by atoms with Gasteiger partial charge < -0.3 is 0 Å². The second-order valence-corrected chi connectivity index (χ2v) is 5.48. The highest BCUT2D eigenvalue weighted by molar-refractivity contribution is 7.09. The van der Waals surface area contributed by atoms with E-state index in [2.05, 4.69) is 16.0 Å². The monoisotopic (exact) mass is 243 g/mol. The molecule has 0 aliphatic carbocycles. The van der Waals surface area contributed by atoms with E-state index in [0.717, 1.165) is 16.3 Å². The summed E-state index contributed by atoms with van der Waals surface area (Å²) < 4.78 is 0. The minimum Gasteiger partial charge on any atom is -0.264 e. The number of hydrogen-bond donors (Lipinski definition) is 0. The third kappa shape index (κ3) is 2.89. The van der Waals surface area contributed by atoms with Gasteiger partial charge in [0, 0.05) is 29.8 Å². The Balaban J connectivity index is 2.21. The average Bonchev–Trinajstić information content (AvgIpc) is 2.78. The van der Waals surface area contributed by atoms with Gasteiger partial charge in [0.05, 0.1) is 22.2 Å². The smallest absolute Gasteiger partial charge is 0.0948 e. The summed E-state index contributed by atoms with van der Waals surface area (Å²) in [4.78, 5) is 8.61. The Bertz CT molecular complexity index is 537. The van der Waals surface area contributed by atoms with Gasteiger partial charge in [-0.2, -0.15) is 5.26 Å². The minimum absolute atomic E-state index is 0.357. The molecule has 86 valence electrons. The summed E-state index contributed by atoms with van der Waals surface area (Å²) in [5.41, 5.74) is 1.60. The predicted molar refractivity (Wildman–Crippen MR) is 68.4 cm³/mol. The van der Waals surface area contributed by atoms with Crippen LogP contribution in [0.1, 0.15) is 18.9 Å². The van der Waals surface area contributed by atoms with Crippen LogP contribution >= 0.6 is 11.3 Å². The van der Waals surface area contributed by atoms with E-state index in [1.165, 1.54) is 0 Å². The molecular weight excluding hydrogens is 230 g/mol. The van der Waals surface area contributed by atoms with Crippen LogP contribution in [0, 0.1) is 16.7 Å². The van der Waals surface area contributed by atoms with Crippen LogP contribution < -0.4 is 0 Å². The van der Waals surface area contributed by atoms with Crippen molar-refractivity contribution in [3.8, 4) is 17.3 Å². The van der Waals surface area contributed by atoms with E-state index in [1.807, 2.05) is 31.4 Å². The zero-order chi connectivity index (χ0) is 12.3. The molecule has 0 atom stereocenters. The van der Waals surface area contributed by atoms with E-state index in [4.69, 9.17) is 5.26 Å². The number of hydrogen-bond acceptors (Lipinski definition) is 4. The Kier molecular flexibility index (Phi) is 3.21. The van der Waals surface area contributed by atoms with Crippen LogP contribution in [0.15, 0.2) is 29.9 Å². The molecular formula is C13H13N3S. The molecule has 0 saturated carbocycles. The van der Waals surface area contributed by atoms with Crippen molar-refractivity contribution >= 4 is 11.3 Å². The fourth-order valence-corrected chi connectivity index (χ4v) is 2.49. The van der Waals surface area contributed by atoms with E-state index in [9.17, 15) is 0 Å². The van der Waals surface area contributed by atoms with E-state index < -0.39 is 0 Å². The van der Waals surface area contributed by atoms with Gasteiger partial charge in [-0.1, -0.05) is 0 Å². The van der Waals surface area contributed by atoms with Crippen LogP contribution in [-0.4, -0.2) is 9.97 Å². The van der Waals surface area contributed by atoms with Crippen molar-refractivity contribution in [1.29, 1.82) is 5.26 Å². The lowest BCUT2D eigenvalue weighted by atomic mass is 9.92. The van der Waals surface area contributed by atoms with E-state index in [0.29, 0.717) is 6.42 Å². The van der Waals surface area contributed by atoms with Crippen LogP contribution in [0.25, 0.3) is 11.3 Å². The lowest BCUT2D eigenvalue weighted by Crippen LogP contribution is -2.11. The Morgan fingerprint density at radius 3 is 2.94 bits per heavy atom. The Morgan fingerprint density at radius 1 is 1.47 bits per heavy atom. The first-order chi connectivity index (χ1) is 8.11. The topological polar surface area (TPSA) is 49.6 Å². The summed E-state index contributed by atoms with van der Waals surface area (Å²) in [6.07, 6.45) is 4.23. The molecule has 2 heterocycles. The van der Waals surface area contributed by atoms with Gasteiger partial charge in [0.15, 0.2) is 0 Å². The summed E-state index contributed by atoms with van der Waals surface area (Å²) in [6, 6.07) is 6.18. The van der Waals surface area contributed by atoms with Crippen LogP contribution in [0.2, 0.25) is 0 Å². The van der Waals surface area contributed by atoms with Crippen molar-refractivity contribution in [3.63, 3.8) is 0 Å². The minimum atomic E-state index is -0.357. The van der Waals surface area contributed by atoms with Crippen molar-refractivity contribution in [3.05, 3.63) is 34.9 Å². The maximum atomic E-state index is 9.00. The summed E-state index contributed by atoms with van der Waals surface area (Å²) in [7, 11) is 0. The normalized spacial score (nSPS) is 11.1. The van der Waals surface area contributed by atoms with E-state index >= 15 is 0 Å². The summed E-state index contributed by atoms with van der Waals surface area (Å²) in [6.45, 7) is 3.86. The zero-order valence-corrected chi connectivity index (χ0v) is 10.7. The fourth-order valence-electron chi connectivity index (χ4n) is 1.46. The van der Waals surface area contributed by atoms with Gasteiger partial charge in [-0.15, -0.1) is 11.3 Å². The SMILES string of the molecule is CC(C)(C#N)Cc1nc(-c2cccnc2)cs1. The van der Waals surface area contributed by atoms with Crippen molar-refractivity contribution in [2.75, 3.05) is 0 Å². The molecule has 0 saturated heterocycles. The molecule has 0 spiro atoms. The van der Waals surface area contributed by atoms with Gasteiger partial charge in [0.25, 0.3) is 0 Å². The predicted octanol–water partition coefficient (Wildman–Crippen LogP) is 3.30. The largest absolute Gasteiger partial charge is 0.264 e. The van der Waals surface area contributed by atoms with Crippen molar-refractivity contribution in [1.82, 2.24) is 9.97 Å². The molecule has 0 aliphatic rings. The average molecular weight is 243 g/mol. The number of rotatable bonds is 3. The van der Waals surface area contributed by atoms with E-state index in [1.54, 1.807) is 23.7 Å². The summed E-state index contributed by atoms with van der Waals surface area (Å²) in [5.74, 6) is 0. The van der Waals surface area contributed by atoms with Crippen LogP contribution in [0.3, 0.4) is 0 Å². The highest BCUT2D eigenvalue weighted by atomic mass is 32.1. The first-order valence-corrected chi connectivity index (χ1v) is 6.25. The first kappa shape index (κ1) is 11.7. The van der Waals surface area contributed by atoms with Gasteiger partial charge in [0.2, 0.25) is 0 Å². The quantitative estimate of drug-likeness (QED) is 0.831. The molecule has 0 unspecified atom stereocenters. The van der Waals surface area contributed by atoms with Crippen molar-refractivity contribution < 1.29 is 0 Å². The molecule has 0 aromatic carbocycles. The van der Waals surface area contributed by atoms with Crippen LogP contribution in [0.4, 0.5) is 0 Å². The van der Waals surface area contributed by atoms with Crippen LogP contribution in [0.5, 0.6) is 0 Å². The second-order valence-electron chi connectivity index (χ2n) is 4.54. The molecule has 4 heteroatoms. The lowest BCUT2D eigenvalue weighted by Gasteiger charge is -2.11. The zero-order valence-electron chi connectivity index (χ0n) is 9.84. The number of thiazole rings is 1. The third-order valence-corrected chi connectivity index (χ3v) is 3.25. The Hall–Kier alpha value is -1.73. The number of aromatic nitrogens is 2. The second kappa shape index (κ2) is 4.64. The Labute approximate surface area is 105 Å². The summed E-state index contributed by atoms with van der Waals surface area (Å²) >= 11 is 1.60. The van der Waals surface area contributed by atoms with Crippen molar-refractivity contribution in [2.45, 2.75) is 20.3 Å². The van der Waals surface area contributed by atoms with Gasteiger partial charge in [-0.05, 0) is 26.0 Å². The fraction of sp³-hybridized carbons (Fsp3) is 0.308. The lowest BCUT2D eigenvalue weighted by molar-refractivity contribution is 0.492. The standard InChI is InChI=1S/C13H13N3S/c1-13(2,9-14)6-12-16-11(8-17-12)10-4-3-5-15-7-10/h3-5,7-8H,6H2,1-2H3. The Morgan fingerprint density at radius 2 is 2.29 bits per heavy atom. The molecule has 0 N–H and O–H groups in total. The maximum absolute atomic E-state index is 9.00. The number of nitriles is 1. The molecule has 0 radical (unpaired) electrons. The molecule has 2 aromatic rings. The van der Waals surface area contributed by atoms with Gasteiger partial charge in [0.1, 0.15) is 0 Å². The molecule has 17 heavy (non-hydrogen) atoms. The molecule has 3 nitrogen and oxygen atoms in total. The molecule has 0 amide bonds. The molecule has 2 aromatic heterocycles. The maximum Gasteiger partial charge on any atom is 0.0948 e. The molecule has 2 rings (SSSR count). The first-order valence-electron chi connectivity index (χ1n) is 5.37. The highest BCUT2D eigenvalue weighted by Crippen LogP contribution is 2.26.